The third-order valence-electron chi connectivity index (χ3n) is 6.27. The Morgan fingerprint density at radius 1 is 1.03 bits per heavy atom. The lowest BCUT2D eigenvalue weighted by molar-refractivity contribution is -0.142. The maximum absolute atomic E-state index is 13.3. The molecule has 0 aliphatic heterocycles. The van der Waals surface area contributed by atoms with E-state index >= 15 is 0 Å². The van der Waals surface area contributed by atoms with Crippen molar-refractivity contribution in [2.24, 2.45) is 33.8 Å². The molecule has 0 saturated heterocycles. The van der Waals surface area contributed by atoms with Crippen molar-refractivity contribution in [1.82, 2.24) is 25.9 Å². The minimum Gasteiger partial charge on any atom is -0.480 e. The Hall–Kier alpha value is -3.72. The average Bonchev–Trinajstić information content (AvgIpc) is 3.40. The molecular weight excluding hydrogens is 508 g/mol. The van der Waals surface area contributed by atoms with Crippen LogP contribution < -0.4 is 38.9 Å². The number of nitrogens with one attached hydrogen (secondary N) is 4. The van der Waals surface area contributed by atoms with Gasteiger partial charge in [0.15, 0.2) is 5.96 Å². The van der Waals surface area contributed by atoms with Crippen molar-refractivity contribution in [2.75, 3.05) is 13.1 Å². The molecule has 0 bridgehead atoms. The summed E-state index contributed by atoms with van der Waals surface area (Å²) in [4.78, 5) is 61.6. The standard InChI is InChI=1S/C24H44N10O5/c1-3-14(2)19(22(37)33-18(23(38)39)11-15-12-29-13-31-15)34-21(36)17(8-6-10-30-24(27)28)32-20(35)16(26)7-4-5-9-25/h12-14,16-19H,3-11,25-26H2,1-2H3,(H,29,31)(H,32,35)(H,33,37)(H,34,36)(H,38,39)(H4,27,28,30). The van der Waals surface area contributed by atoms with Crippen molar-refractivity contribution in [3.8, 4) is 0 Å². The van der Waals surface area contributed by atoms with Gasteiger partial charge in [0, 0.05) is 24.9 Å². The number of hydrogen-bond donors (Lipinski definition) is 9. The van der Waals surface area contributed by atoms with Crippen molar-refractivity contribution in [3.63, 3.8) is 0 Å². The van der Waals surface area contributed by atoms with Crippen LogP contribution in [0.5, 0.6) is 0 Å². The summed E-state index contributed by atoms with van der Waals surface area (Å²) in [6, 6.07) is -4.16. The number of guanidine groups is 1. The largest absolute Gasteiger partial charge is 0.480 e. The molecule has 0 spiro atoms. The van der Waals surface area contributed by atoms with Crippen LogP contribution in [0.4, 0.5) is 0 Å². The quantitative estimate of drug-likeness (QED) is 0.0519. The summed E-state index contributed by atoms with van der Waals surface area (Å²) in [7, 11) is 0. The van der Waals surface area contributed by atoms with Gasteiger partial charge < -0.3 is 49.0 Å². The van der Waals surface area contributed by atoms with Gasteiger partial charge in [-0.05, 0) is 38.1 Å². The molecule has 3 amide bonds. The molecule has 0 aliphatic rings. The molecule has 220 valence electrons. The number of aromatic amines is 1. The predicted octanol–water partition coefficient (Wildman–Crippen LogP) is -1.95. The number of carboxylic acids is 1. The molecule has 0 fully saturated rings. The summed E-state index contributed by atoms with van der Waals surface area (Å²) < 4.78 is 0. The van der Waals surface area contributed by atoms with Gasteiger partial charge >= 0.3 is 5.97 Å². The fourth-order valence-electron chi connectivity index (χ4n) is 3.72. The highest BCUT2D eigenvalue weighted by molar-refractivity contribution is 5.94. The number of rotatable bonds is 19. The molecule has 1 heterocycles. The third kappa shape index (κ3) is 12.6. The Bertz CT molecular complexity index is 936. The Morgan fingerprint density at radius 3 is 2.28 bits per heavy atom. The fraction of sp³-hybridized carbons (Fsp3) is 0.667. The molecule has 1 rings (SSSR count). The number of aliphatic imine (C=N–C) groups is 1. The van der Waals surface area contributed by atoms with Crippen LogP contribution in [0.3, 0.4) is 0 Å². The van der Waals surface area contributed by atoms with E-state index in [0.717, 1.165) is 0 Å². The summed E-state index contributed by atoms with van der Waals surface area (Å²) in [5.41, 5.74) is 22.7. The number of nitrogens with zero attached hydrogens (tertiary/aromatic N) is 2. The van der Waals surface area contributed by atoms with E-state index < -0.39 is 47.9 Å². The van der Waals surface area contributed by atoms with Crippen molar-refractivity contribution < 1.29 is 24.3 Å². The molecule has 5 atom stereocenters. The Morgan fingerprint density at radius 2 is 1.72 bits per heavy atom. The van der Waals surface area contributed by atoms with Gasteiger partial charge in [0.1, 0.15) is 18.1 Å². The van der Waals surface area contributed by atoms with Gasteiger partial charge in [0.25, 0.3) is 0 Å². The molecule has 13 N–H and O–H groups in total. The summed E-state index contributed by atoms with van der Waals surface area (Å²) in [6.45, 7) is 4.31. The van der Waals surface area contributed by atoms with Crippen molar-refractivity contribution in [2.45, 2.75) is 83.0 Å². The second-order valence-electron chi connectivity index (χ2n) is 9.45. The van der Waals surface area contributed by atoms with E-state index in [-0.39, 0.29) is 31.3 Å². The van der Waals surface area contributed by atoms with E-state index in [9.17, 15) is 24.3 Å². The summed E-state index contributed by atoms with van der Waals surface area (Å²) in [5.74, 6) is -3.45. The lowest BCUT2D eigenvalue weighted by atomic mass is 9.96. The normalized spacial score (nSPS) is 14.8. The van der Waals surface area contributed by atoms with Gasteiger partial charge in [-0.25, -0.2) is 9.78 Å². The van der Waals surface area contributed by atoms with Gasteiger partial charge in [-0.1, -0.05) is 26.7 Å². The Kier molecular flexibility index (Phi) is 15.1. The number of imidazole rings is 1. The number of nitrogens with two attached hydrogens (primary N) is 4. The second kappa shape index (κ2) is 17.7. The lowest BCUT2D eigenvalue weighted by Gasteiger charge is -2.28. The number of carbonyl (C=O) groups is 4. The van der Waals surface area contributed by atoms with Crippen LogP contribution in [0.1, 0.15) is 58.1 Å². The summed E-state index contributed by atoms with van der Waals surface area (Å²) in [6.07, 6.45) is 5.68. The van der Waals surface area contributed by atoms with Gasteiger partial charge in [-0.3, -0.25) is 19.4 Å². The van der Waals surface area contributed by atoms with E-state index in [4.69, 9.17) is 22.9 Å². The molecule has 0 radical (unpaired) electrons. The van der Waals surface area contributed by atoms with E-state index in [1.165, 1.54) is 12.5 Å². The smallest absolute Gasteiger partial charge is 0.326 e. The van der Waals surface area contributed by atoms with E-state index in [1.807, 2.05) is 6.92 Å². The lowest BCUT2D eigenvalue weighted by Crippen LogP contribution is -2.58. The zero-order chi connectivity index (χ0) is 29.4. The molecule has 39 heavy (non-hydrogen) atoms. The van der Waals surface area contributed by atoms with Crippen LogP contribution >= 0.6 is 0 Å². The topological polar surface area (TPSA) is 270 Å². The number of aliphatic carboxylic acids is 1. The molecule has 1 aromatic heterocycles. The highest BCUT2D eigenvalue weighted by Gasteiger charge is 2.32. The molecule has 15 heteroatoms. The van der Waals surface area contributed by atoms with Crippen LogP contribution in [0.15, 0.2) is 17.5 Å². The van der Waals surface area contributed by atoms with Crippen LogP contribution in [-0.2, 0) is 25.6 Å². The monoisotopic (exact) mass is 552 g/mol. The number of amides is 3. The number of hydrogen-bond acceptors (Lipinski definition) is 8. The summed E-state index contributed by atoms with van der Waals surface area (Å²) in [5, 5.41) is 17.5. The fourth-order valence-corrected chi connectivity index (χ4v) is 3.72. The first-order valence-corrected chi connectivity index (χ1v) is 13.1. The second-order valence-corrected chi connectivity index (χ2v) is 9.45. The molecule has 0 aromatic carbocycles. The number of unbranched alkanes of at least 4 members (excludes halogenated alkanes) is 1. The highest BCUT2D eigenvalue weighted by atomic mass is 16.4. The van der Waals surface area contributed by atoms with Gasteiger partial charge in [-0.2, -0.15) is 0 Å². The third-order valence-corrected chi connectivity index (χ3v) is 6.27. The van der Waals surface area contributed by atoms with Gasteiger partial charge in [0.2, 0.25) is 17.7 Å². The van der Waals surface area contributed by atoms with E-state index in [0.29, 0.717) is 44.3 Å². The van der Waals surface area contributed by atoms with Crippen LogP contribution in [0.2, 0.25) is 0 Å². The van der Waals surface area contributed by atoms with Crippen molar-refractivity contribution in [3.05, 3.63) is 18.2 Å². The first-order valence-electron chi connectivity index (χ1n) is 13.1. The summed E-state index contributed by atoms with van der Waals surface area (Å²) >= 11 is 0. The highest BCUT2D eigenvalue weighted by Crippen LogP contribution is 2.11. The molecule has 5 unspecified atom stereocenters. The number of aromatic nitrogens is 2. The molecule has 15 nitrogen and oxygen atoms in total. The minimum absolute atomic E-state index is 0.0201. The SMILES string of the molecule is CCC(C)C(NC(=O)C(CCCN=C(N)N)NC(=O)C(N)CCCCN)C(=O)NC(Cc1cnc[nH]1)C(=O)O. The van der Waals surface area contributed by atoms with E-state index in [2.05, 4.69) is 30.9 Å². The number of carboxylic acid groups (broad SMARTS) is 1. The molecule has 0 aliphatic carbocycles. The maximum Gasteiger partial charge on any atom is 0.326 e. The van der Waals surface area contributed by atoms with Crippen molar-refractivity contribution in [1.29, 1.82) is 0 Å². The average molecular weight is 553 g/mol. The van der Waals surface area contributed by atoms with Crippen molar-refractivity contribution >= 4 is 29.7 Å². The van der Waals surface area contributed by atoms with E-state index in [1.54, 1.807) is 6.92 Å². The van der Waals surface area contributed by atoms with Crippen LogP contribution in [0.25, 0.3) is 0 Å². The molecular formula is C24H44N10O5. The first-order chi connectivity index (χ1) is 18.5. The zero-order valence-corrected chi connectivity index (χ0v) is 22.7. The minimum atomic E-state index is -1.25. The molecule has 0 saturated carbocycles. The van der Waals surface area contributed by atoms with Gasteiger partial charge in [0.05, 0.1) is 12.4 Å². The molecule has 1 aromatic rings. The van der Waals surface area contributed by atoms with Gasteiger partial charge in [-0.15, -0.1) is 0 Å². The number of H-pyrrole nitrogens is 1. The zero-order valence-electron chi connectivity index (χ0n) is 22.7. The maximum atomic E-state index is 13.3. The predicted molar refractivity (Wildman–Crippen MR) is 146 cm³/mol. The Balaban J connectivity index is 3.01. The van der Waals surface area contributed by atoms with Crippen LogP contribution in [0, 0.1) is 5.92 Å². The Labute approximate surface area is 228 Å². The van der Waals surface area contributed by atoms with Crippen LogP contribution in [-0.4, -0.2) is 82.0 Å². The number of carbonyl (C=O) groups excluding carboxylic acids is 3. The first kappa shape index (κ1) is 33.3.